The highest BCUT2D eigenvalue weighted by Crippen LogP contribution is 2.32. The van der Waals surface area contributed by atoms with E-state index in [4.69, 9.17) is 10.2 Å². The molecule has 0 amide bonds. The highest BCUT2D eigenvalue weighted by Gasteiger charge is 2.13. The van der Waals surface area contributed by atoms with Crippen molar-refractivity contribution in [3.63, 3.8) is 0 Å². The van der Waals surface area contributed by atoms with Crippen LogP contribution < -0.4 is 5.73 Å². The summed E-state index contributed by atoms with van der Waals surface area (Å²) < 4.78 is 5.75. The lowest BCUT2D eigenvalue weighted by Gasteiger charge is -2.08. The molecule has 0 aliphatic rings. The maximum Gasteiger partial charge on any atom is 0.165 e. The Morgan fingerprint density at radius 1 is 1.00 bits per heavy atom. The van der Waals surface area contributed by atoms with E-state index in [-0.39, 0.29) is 0 Å². The van der Waals surface area contributed by atoms with E-state index in [0.29, 0.717) is 16.1 Å². The monoisotopic (exact) mass is 315 g/mol. The van der Waals surface area contributed by atoms with Crippen molar-refractivity contribution < 1.29 is 4.42 Å². The van der Waals surface area contributed by atoms with E-state index in [1.165, 1.54) is 0 Å². The lowest BCUT2D eigenvalue weighted by atomic mass is 10.1. The van der Waals surface area contributed by atoms with Crippen LogP contribution in [0.3, 0.4) is 0 Å². The minimum atomic E-state index is 0.407. The average Bonchev–Trinajstić information content (AvgIpc) is 2.97. The minimum Gasteiger partial charge on any atom is -0.472 e. The molecule has 3 aromatic rings. The van der Waals surface area contributed by atoms with Gasteiger partial charge in [0.05, 0.1) is 22.0 Å². The summed E-state index contributed by atoms with van der Waals surface area (Å²) in [7, 11) is 0. The molecule has 0 radical (unpaired) electrons. The third-order valence-corrected chi connectivity index (χ3v) is 3.49. The number of aromatic nitrogens is 2. The minimum absolute atomic E-state index is 0.407. The first-order chi connectivity index (χ1) is 9.25. The van der Waals surface area contributed by atoms with Crippen molar-refractivity contribution in [2.24, 2.45) is 0 Å². The Morgan fingerprint density at radius 3 is 2.47 bits per heavy atom. The van der Waals surface area contributed by atoms with Gasteiger partial charge in [-0.3, -0.25) is 0 Å². The van der Waals surface area contributed by atoms with Gasteiger partial charge in [-0.05, 0) is 22.0 Å². The van der Waals surface area contributed by atoms with Crippen LogP contribution in [0.15, 0.2) is 57.8 Å². The van der Waals surface area contributed by atoms with Crippen molar-refractivity contribution in [1.29, 1.82) is 0 Å². The number of halogens is 1. The van der Waals surface area contributed by atoms with Gasteiger partial charge in [0.1, 0.15) is 12.1 Å². The fourth-order valence-corrected chi connectivity index (χ4v) is 2.18. The molecule has 5 heteroatoms. The molecule has 94 valence electrons. The lowest BCUT2D eigenvalue weighted by Crippen LogP contribution is -1.99. The summed E-state index contributed by atoms with van der Waals surface area (Å²) in [5, 5.41) is 0. The molecule has 0 fully saturated rings. The summed E-state index contributed by atoms with van der Waals surface area (Å²) in [6, 6.07) is 11.6. The molecule has 0 spiro atoms. The van der Waals surface area contributed by atoms with Crippen LogP contribution in [0.25, 0.3) is 22.6 Å². The zero-order valence-electron chi connectivity index (χ0n) is 9.88. The van der Waals surface area contributed by atoms with Crippen molar-refractivity contribution in [2.75, 3.05) is 5.73 Å². The largest absolute Gasteiger partial charge is 0.472 e. The number of hydrogen-bond donors (Lipinski definition) is 1. The number of anilines is 1. The maximum atomic E-state index is 5.94. The lowest BCUT2D eigenvalue weighted by molar-refractivity contribution is 0.568. The van der Waals surface area contributed by atoms with Crippen LogP contribution in [0.1, 0.15) is 0 Å². The number of hydrogen-bond acceptors (Lipinski definition) is 4. The molecule has 2 aromatic heterocycles. The Bertz CT molecular complexity index is 696. The van der Waals surface area contributed by atoms with E-state index in [0.717, 1.165) is 16.8 Å². The number of nitrogens with two attached hydrogens (primary N) is 1. The molecule has 0 unspecified atom stereocenters. The first-order valence-electron chi connectivity index (χ1n) is 5.66. The van der Waals surface area contributed by atoms with E-state index in [2.05, 4.69) is 25.9 Å². The molecule has 2 N–H and O–H groups in total. The highest BCUT2D eigenvalue weighted by molar-refractivity contribution is 9.10. The Morgan fingerprint density at radius 2 is 1.79 bits per heavy atom. The van der Waals surface area contributed by atoms with Gasteiger partial charge in [0.25, 0.3) is 0 Å². The van der Waals surface area contributed by atoms with Gasteiger partial charge in [0, 0.05) is 5.56 Å². The number of benzene rings is 1. The van der Waals surface area contributed by atoms with E-state index in [1.807, 2.05) is 30.3 Å². The normalized spacial score (nSPS) is 10.6. The van der Waals surface area contributed by atoms with Crippen LogP contribution in [-0.4, -0.2) is 9.97 Å². The Balaban J connectivity index is 2.20. The molecule has 0 aliphatic carbocycles. The van der Waals surface area contributed by atoms with Crippen LogP contribution in [-0.2, 0) is 0 Å². The number of nitrogens with zero attached hydrogens (tertiary/aromatic N) is 2. The average molecular weight is 316 g/mol. The summed E-state index contributed by atoms with van der Waals surface area (Å²) in [6.45, 7) is 0. The first-order valence-corrected chi connectivity index (χ1v) is 6.46. The Labute approximate surface area is 118 Å². The fraction of sp³-hybridized carbons (Fsp3) is 0. The van der Waals surface area contributed by atoms with Crippen molar-refractivity contribution in [3.05, 3.63) is 53.4 Å². The molecule has 0 bridgehead atoms. The molecule has 19 heavy (non-hydrogen) atoms. The molecular weight excluding hydrogens is 306 g/mol. The summed E-state index contributed by atoms with van der Waals surface area (Å²) in [5.41, 5.74) is 8.49. The van der Waals surface area contributed by atoms with Gasteiger partial charge in [-0.25, -0.2) is 9.97 Å². The van der Waals surface area contributed by atoms with Crippen LogP contribution in [0, 0.1) is 0 Å². The summed E-state index contributed by atoms with van der Waals surface area (Å²) in [4.78, 5) is 8.81. The first kappa shape index (κ1) is 11.9. The van der Waals surface area contributed by atoms with E-state index >= 15 is 0 Å². The van der Waals surface area contributed by atoms with Gasteiger partial charge < -0.3 is 10.2 Å². The summed E-state index contributed by atoms with van der Waals surface area (Å²) >= 11 is 3.44. The van der Waals surface area contributed by atoms with E-state index in [1.54, 1.807) is 18.6 Å². The molecule has 0 atom stereocenters. The number of furan rings is 1. The third-order valence-electron chi connectivity index (χ3n) is 2.70. The van der Waals surface area contributed by atoms with E-state index < -0.39 is 0 Å². The SMILES string of the molecule is Nc1nc(-c2ccoc2)nc(-c2ccccc2)c1Br. The van der Waals surface area contributed by atoms with Gasteiger partial charge in [-0.1, -0.05) is 30.3 Å². The van der Waals surface area contributed by atoms with Gasteiger partial charge in [0.2, 0.25) is 0 Å². The molecule has 3 rings (SSSR count). The quantitative estimate of drug-likeness (QED) is 0.782. The van der Waals surface area contributed by atoms with Crippen molar-refractivity contribution in [3.8, 4) is 22.6 Å². The zero-order valence-corrected chi connectivity index (χ0v) is 11.5. The van der Waals surface area contributed by atoms with Crippen LogP contribution in [0.5, 0.6) is 0 Å². The predicted molar refractivity (Wildman–Crippen MR) is 77.3 cm³/mol. The molecule has 0 saturated heterocycles. The molecule has 0 aliphatic heterocycles. The van der Waals surface area contributed by atoms with E-state index in [9.17, 15) is 0 Å². The zero-order chi connectivity index (χ0) is 13.2. The second-order valence-corrected chi connectivity index (χ2v) is 4.77. The van der Waals surface area contributed by atoms with Gasteiger partial charge in [0.15, 0.2) is 5.82 Å². The third kappa shape index (κ3) is 2.24. The fourth-order valence-electron chi connectivity index (χ4n) is 1.77. The standard InChI is InChI=1S/C14H10BrN3O/c15-11-12(9-4-2-1-3-5-9)17-14(18-13(11)16)10-6-7-19-8-10/h1-8H,(H2,16,17,18). The van der Waals surface area contributed by atoms with Crippen LogP contribution >= 0.6 is 15.9 Å². The second kappa shape index (κ2) is 4.85. The van der Waals surface area contributed by atoms with Crippen molar-refractivity contribution >= 4 is 21.7 Å². The molecule has 4 nitrogen and oxygen atoms in total. The molecule has 0 saturated carbocycles. The highest BCUT2D eigenvalue weighted by atomic mass is 79.9. The van der Waals surface area contributed by atoms with Crippen LogP contribution in [0.2, 0.25) is 0 Å². The molecule has 1 aromatic carbocycles. The predicted octanol–water partition coefficient (Wildman–Crippen LogP) is 3.75. The smallest absolute Gasteiger partial charge is 0.165 e. The molecule has 2 heterocycles. The number of nitrogen functional groups attached to an aromatic ring is 1. The number of rotatable bonds is 2. The second-order valence-electron chi connectivity index (χ2n) is 3.97. The van der Waals surface area contributed by atoms with Crippen LogP contribution in [0.4, 0.5) is 5.82 Å². The van der Waals surface area contributed by atoms with Gasteiger partial charge >= 0.3 is 0 Å². The summed E-state index contributed by atoms with van der Waals surface area (Å²) in [6.07, 6.45) is 3.18. The Kier molecular flexibility index (Phi) is 3.05. The van der Waals surface area contributed by atoms with Crippen molar-refractivity contribution in [1.82, 2.24) is 9.97 Å². The van der Waals surface area contributed by atoms with Gasteiger partial charge in [-0.15, -0.1) is 0 Å². The van der Waals surface area contributed by atoms with Gasteiger partial charge in [-0.2, -0.15) is 0 Å². The Hall–Kier alpha value is -2.14. The maximum absolute atomic E-state index is 5.94. The molecular formula is C14H10BrN3O. The topological polar surface area (TPSA) is 64.9 Å². The summed E-state index contributed by atoms with van der Waals surface area (Å²) in [5.74, 6) is 0.957. The van der Waals surface area contributed by atoms with Crippen molar-refractivity contribution in [2.45, 2.75) is 0 Å².